The number of nitrogens with zero attached hydrogens (tertiary/aromatic N) is 1. The van der Waals surface area contributed by atoms with E-state index in [1.165, 1.54) is 75.5 Å². The van der Waals surface area contributed by atoms with Crippen molar-refractivity contribution in [1.82, 2.24) is 4.57 Å². The Labute approximate surface area is 243 Å². The zero-order valence-corrected chi connectivity index (χ0v) is 24.0. The normalized spacial score (nSPS) is 12.5. The topological polar surface area (TPSA) is 4.93 Å². The number of aromatic nitrogens is 1. The molecule has 1 nitrogen and oxygen atoms in total. The van der Waals surface area contributed by atoms with E-state index in [0.29, 0.717) is 0 Å². The van der Waals surface area contributed by atoms with E-state index >= 15 is 0 Å². The SMILES string of the molecule is Cc1ccccc1-c1cc(-n2c3ccccc3c3ccccc32)ccc1C(C)c1cccc2c1sc1ccccc12. The summed E-state index contributed by atoms with van der Waals surface area (Å²) < 4.78 is 5.17. The molecule has 2 aromatic heterocycles. The Morgan fingerprint density at radius 1 is 0.537 bits per heavy atom. The Kier molecular flexibility index (Phi) is 5.58. The van der Waals surface area contributed by atoms with E-state index in [0.717, 1.165) is 0 Å². The fourth-order valence-corrected chi connectivity index (χ4v) is 7.95. The van der Waals surface area contributed by atoms with Crippen LogP contribution in [0.5, 0.6) is 0 Å². The molecule has 196 valence electrons. The van der Waals surface area contributed by atoms with E-state index in [1.54, 1.807) is 0 Å². The highest BCUT2D eigenvalue weighted by atomic mass is 32.1. The third-order valence-electron chi connectivity index (χ3n) is 8.68. The molecular weight excluding hydrogens is 515 g/mol. The van der Waals surface area contributed by atoms with Crippen molar-refractivity contribution in [2.45, 2.75) is 19.8 Å². The van der Waals surface area contributed by atoms with Crippen LogP contribution in [0.1, 0.15) is 29.5 Å². The van der Waals surface area contributed by atoms with Gasteiger partial charge in [-0.05, 0) is 65.1 Å². The van der Waals surface area contributed by atoms with Gasteiger partial charge in [-0.15, -0.1) is 11.3 Å². The van der Waals surface area contributed by atoms with Gasteiger partial charge in [-0.25, -0.2) is 0 Å². The summed E-state index contributed by atoms with van der Waals surface area (Å²) in [5, 5.41) is 5.28. The molecule has 1 atom stereocenters. The summed E-state index contributed by atoms with van der Waals surface area (Å²) in [5.41, 5.74) is 10.3. The summed E-state index contributed by atoms with van der Waals surface area (Å²) in [6.07, 6.45) is 0. The summed E-state index contributed by atoms with van der Waals surface area (Å²) in [4.78, 5) is 0. The lowest BCUT2D eigenvalue weighted by Gasteiger charge is -2.21. The van der Waals surface area contributed by atoms with Gasteiger partial charge in [-0.1, -0.05) is 110 Å². The highest BCUT2D eigenvalue weighted by molar-refractivity contribution is 7.26. The molecule has 0 saturated heterocycles. The van der Waals surface area contributed by atoms with Crippen molar-refractivity contribution in [3.63, 3.8) is 0 Å². The zero-order chi connectivity index (χ0) is 27.5. The molecule has 2 heteroatoms. The maximum absolute atomic E-state index is 2.42. The average Bonchev–Trinajstić information content (AvgIpc) is 3.57. The number of thiophene rings is 1. The Hall–Kier alpha value is -4.66. The summed E-state index contributed by atoms with van der Waals surface area (Å²) in [5.74, 6) is 0.230. The molecule has 0 radical (unpaired) electrons. The molecule has 8 aromatic rings. The molecule has 41 heavy (non-hydrogen) atoms. The Bertz CT molecular complexity index is 2190. The second kappa shape index (κ2) is 9.47. The van der Waals surface area contributed by atoms with Crippen LogP contribution in [0, 0.1) is 6.92 Å². The lowest BCUT2D eigenvalue weighted by molar-refractivity contribution is 0.935. The first-order valence-corrected chi connectivity index (χ1v) is 15.1. The molecule has 0 aliphatic heterocycles. The van der Waals surface area contributed by atoms with Gasteiger partial charge in [-0.2, -0.15) is 0 Å². The molecule has 1 unspecified atom stereocenters. The number of hydrogen-bond acceptors (Lipinski definition) is 1. The number of para-hydroxylation sites is 2. The molecule has 0 bridgehead atoms. The van der Waals surface area contributed by atoms with Gasteiger partial charge < -0.3 is 4.57 Å². The first-order valence-electron chi connectivity index (χ1n) is 14.3. The van der Waals surface area contributed by atoms with Gasteiger partial charge in [0.05, 0.1) is 11.0 Å². The van der Waals surface area contributed by atoms with Gasteiger partial charge in [0.25, 0.3) is 0 Å². The van der Waals surface area contributed by atoms with Crippen LogP contribution >= 0.6 is 11.3 Å². The van der Waals surface area contributed by atoms with Gasteiger partial charge >= 0.3 is 0 Å². The quantitative estimate of drug-likeness (QED) is 0.208. The van der Waals surface area contributed by atoms with Crippen LogP contribution < -0.4 is 0 Å². The predicted molar refractivity (Wildman–Crippen MR) is 178 cm³/mol. The lowest BCUT2D eigenvalue weighted by atomic mass is 9.85. The van der Waals surface area contributed by atoms with Gasteiger partial charge in [0.15, 0.2) is 0 Å². The van der Waals surface area contributed by atoms with E-state index in [2.05, 4.69) is 152 Å². The van der Waals surface area contributed by atoms with Crippen molar-refractivity contribution in [3.8, 4) is 16.8 Å². The van der Waals surface area contributed by atoms with Gasteiger partial charge in [0.1, 0.15) is 0 Å². The Morgan fingerprint density at radius 3 is 1.93 bits per heavy atom. The summed E-state index contributed by atoms with van der Waals surface area (Å²) >= 11 is 1.92. The largest absolute Gasteiger partial charge is 0.309 e. The smallest absolute Gasteiger partial charge is 0.0541 e. The monoisotopic (exact) mass is 543 g/mol. The molecular formula is C39H29NS. The Balaban J connectivity index is 1.38. The number of aryl methyl sites for hydroxylation is 1. The minimum absolute atomic E-state index is 0.230. The van der Waals surface area contributed by atoms with E-state index in [9.17, 15) is 0 Å². The van der Waals surface area contributed by atoms with Crippen molar-refractivity contribution >= 4 is 53.3 Å². The highest BCUT2D eigenvalue weighted by Gasteiger charge is 2.21. The van der Waals surface area contributed by atoms with E-state index in [4.69, 9.17) is 0 Å². The van der Waals surface area contributed by atoms with Crippen LogP contribution in [0.3, 0.4) is 0 Å². The second-order valence-electron chi connectivity index (χ2n) is 11.0. The second-order valence-corrected chi connectivity index (χ2v) is 12.1. The number of hydrogen-bond donors (Lipinski definition) is 0. The van der Waals surface area contributed by atoms with E-state index in [1.807, 2.05) is 11.3 Å². The first-order chi connectivity index (χ1) is 20.2. The lowest BCUT2D eigenvalue weighted by Crippen LogP contribution is -2.02. The van der Waals surface area contributed by atoms with Crippen LogP contribution in [-0.4, -0.2) is 4.57 Å². The number of fused-ring (bicyclic) bond motifs is 6. The highest BCUT2D eigenvalue weighted by Crippen LogP contribution is 2.43. The summed E-state index contributed by atoms with van der Waals surface area (Å²) in [7, 11) is 0. The molecule has 0 fully saturated rings. The Morgan fingerprint density at radius 2 is 1.17 bits per heavy atom. The first kappa shape index (κ1) is 24.2. The zero-order valence-electron chi connectivity index (χ0n) is 23.1. The molecule has 0 saturated carbocycles. The van der Waals surface area contributed by atoms with Crippen LogP contribution in [0.2, 0.25) is 0 Å². The van der Waals surface area contributed by atoms with Gasteiger partial charge in [-0.3, -0.25) is 0 Å². The minimum Gasteiger partial charge on any atom is -0.309 e. The van der Waals surface area contributed by atoms with Crippen molar-refractivity contribution in [2.24, 2.45) is 0 Å². The third-order valence-corrected chi connectivity index (χ3v) is 9.91. The maximum Gasteiger partial charge on any atom is 0.0541 e. The van der Waals surface area contributed by atoms with Gasteiger partial charge in [0.2, 0.25) is 0 Å². The van der Waals surface area contributed by atoms with Gasteiger partial charge in [0, 0.05) is 42.6 Å². The van der Waals surface area contributed by atoms with Crippen molar-refractivity contribution in [2.75, 3.05) is 0 Å². The fraction of sp³-hybridized carbons (Fsp3) is 0.0769. The van der Waals surface area contributed by atoms with Crippen molar-refractivity contribution in [1.29, 1.82) is 0 Å². The van der Waals surface area contributed by atoms with Crippen LogP contribution in [0.25, 0.3) is 58.8 Å². The van der Waals surface area contributed by atoms with E-state index < -0.39 is 0 Å². The molecule has 0 N–H and O–H groups in total. The van der Waals surface area contributed by atoms with Crippen LogP contribution in [0.4, 0.5) is 0 Å². The molecule has 0 aliphatic carbocycles. The third kappa shape index (κ3) is 3.75. The molecule has 8 rings (SSSR count). The maximum atomic E-state index is 2.42. The number of benzene rings is 6. The summed E-state index contributed by atoms with van der Waals surface area (Å²) in [6, 6.07) is 49.0. The average molecular weight is 544 g/mol. The standard InChI is InChI=1S/C39H29NS/c1-25-12-3-4-13-28(25)35-24-27(40-36-19-8-5-14-31(36)32-15-6-9-20-37(32)40)22-23-29(35)26(2)30-17-11-18-34-33-16-7-10-21-38(33)41-39(30)34/h3-24,26H,1-2H3. The fourth-order valence-electron chi connectivity index (χ4n) is 6.65. The summed E-state index contributed by atoms with van der Waals surface area (Å²) in [6.45, 7) is 4.60. The molecule has 2 heterocycles. The van der Waals surface area contributed by atoms with Crippen LogP contribution in [0.15, 0.2) is 133 Å². The predicted octanol–water partition coefficient (Wildman–Crippen LogP) is 11.3. The van der Waals surface area contributed by atoms with E-state index in [-0.39, 0.29) is 5.92 Å². The molecule has 6 aromatic carbocycles. The molecule has 0 spiro atoms. The van der Waals surface area contributed by atoms with Crippen LogP contribution in [-0.2, 0) is 0 Å². The number of rotatable bonds is 4. The van der Waals surface area contributed by atoms with Crippen molar-refractivity contribution in [3.05, 3.63) is 150 Å². The molecule has 0 aliphatic rings. The molecule has 0 amide bonds. The van der Waals surface area contributed by atoms with Crippen molar-refractivity contribution < 1.29 is 0 Å². The minimum atomic E-state index is 0.230.